The molecule has 8 heteroatoms. The molecule has 2 heterocycles. The lowest BCUT2D eigenvalue weighted by Crippen LogP contribution is -2.39. The van der Waals surface area contributed by atoms with Crippen molar-refractivity contribution in [1.29, 1.82) is 5.26 Å². The van der Waals surface area contributed by atoms with Gasteiger partial charge in [-0.05, 0) is 56.2 Å². The van der Waals surface area contributed by atoms with E-state index >= 15 is 0 Å². The summed E-state index contributed by atoms with van der Waals surface area (Å²) in [6.45, 7) is 6.05. The maximum absolute atomic E-state index is 13.9. The van der Waals surface area contributed by atoms with E-state index in [1.807, 2.05) is 67.6 Å². The summed E-state index contributed by atoms with van der Waals surface area (Å²) >= 11 is 1.27. The molecule has 1 aromatic heterocycles. The summed E-state index contributed by atoms with van der Waals surface area (Å²) in [5, 5.41) is 9.02. The number of nitrogens with zero attached hydrogens (tertiary/aromatic N) is 3. The molecule has 1 atom stereocenters. The average molecular weight is 550 g/mol. The fraction of sp³-hybridized carbons (Fsp3) is 0.188. The van der Waals surface area contributed by atoms with Gasteiger partial charge in [0.15, 0.2) is 4.80 Å². The van der Waals surface area contributed by atoms with Gasteiger partial charge in [0.25, 0.3) is 5.56 Å². The molecule has 1 aliphatic heterocycles. The molecular weight excluding hydrogens is 522 g/mol. The first-order valence-corrected chi connectivity index (χ1v) is 13.7. The summed E-state index contributed by atoms with van der Waals surface area (Å²) in [5.74, 6) is 0.140. The predicted molar refractivity (Wildman–Crippen MR) is 154 cm³/mol. The highest BCUT2D eigenvalue weighted by molar-refractivity contribution is 7.07. The van der Waals surface area contributed by atoms with Crippen LogP contribution in [0.15, 0.2) is 93.9 Å². The first-order chi connectivity index (χ1) is 19.4. The molecule has 200 valence electrons. The van der Waals surface area contributed by atoms with Crippen LogP contribution in [0.25, 0.3) is 6.08 Å². The van der Waals surface area contributed by atoms with Crippen molar-refractivity contribution in [3.63, 3.8) is 0 Å². The van der Waals surface area contributed by atoms with Gasteiger partial charge in [0, 0.05) is 5.56 Å². The van der Waals surface area contributed by atoms with Gasteiger partial charge in [0.1, 0.15) is 12.4 Å². The first-order valence-electron chi connectivity index (χ1n) is 12.9. The number of hydrogen-bond acceptors (Lipinski definition) is 7. The van der Waals surface area contributed by atoms with Gasteiger partial charge in [0.2, 0.25) is 0 Å². The van der Waals surface area contributed by atoms with Crippen LogP contribution in [0, 0.1) is 18.3 Å². The maximum atomic E-state index is 13.9. The van der Waals surface area contributed by atoms with E-state index in [1.54, 1.807) is 36.6 Å². The molecule has 0 radical (unpaired) electrons. The second kappa shape index (κ2) is 11.6. The highest BCUT2D eigenvalue weighted by atomic mass is 32.1. The Hall–Kier alpha value is -4.74. The third-order valence-corrected chi connectivity index (χ3v) is 7.58. The molecule has 7 nitrogen and oxygen atoms in total. The molecule has 4 aromatic rings. The second-order valence-electron chi connectivity index (χ2n) is 9.35. The molecule has 0 saturated carbocycles. The molecule has 0 unspecified atom stereocenters. The van der Waals surface area contributed by atoms with Crippen molar-refractivity contribution in [3.8, 4) is 11.8 Å². The van der Waals surface area contributed by atoms with Gasteiger partial charge in [-0.15, -0.1) is 0 Å². The molecule has 0 bridgehead atoms. The van der Waals surface area contributed by atoms with E-state index in [0.29, 0.717) is 38.5 Å². The van der Waals surface area contributed by atoms with Crippen molar-refractivity contribution in [2.75, 3.05) is 6.61 Å². The maximum Gasteiger partial charge on any atom is 0.338 e. The number of carbonyl (C=O) groups excluding carboxylic acids is 1. The van der Waals surface area contributed by atoms with Gasteiger partial charge in [0.05, 0.1) is 40.1 Å². The van der Waals surface area contributed by atoms with Crippen LogP contribution in [0.4, 0.5) is 0 Å². The van der Waals surface area contributed by atoms with Crippen LogP contribution in [0.1, 0.15) is 47.7 Å². The van der Waals surface area contributed by atoms with Gasteiger partial charge >= 0.3 is 5.97 Å². The minimum atomic E-state index is -0.652. The summed E-state index contributed by atoms with van der Waals surface area (Å²) in [4.78, 5) is 32.1. The summed E-state index contributed by atoms with van der Waals surface area (Å²) in [6.07, 6.45) is 1.80. The Balaban J connectivity index is 1.57. The van der Waals surface area contributed by atoms with Crippen molar-refractivity contribution in [1.82, 2.24) is 4.57 Å². The topological polar surface area (TPSA) is 93.7 Å². The lowest BCUT2D eigenvalue weighted by molar-refractivity contribution is -0.139. The molecule has 0 saturated heterocycles. The van der Waals surface area contributed by atoms with Gasteiger partial charge < -0.3 is 9.47 Å². The van der Waals surface area contributed by atoms with Crippen molar-refractivity contribution >= 4 is 23.4 Å². The molecule has 40 heavy (non-hydrogen) atoms. The number of rotatable bonds is 7. The number of carbonyl (C=O) groups is 1. The van der Waals surface area contributed by atoms with Gasteiger partial charge in [-0.2, -0.15) is 5.26 Å². The van der Waals surface area contributed by atoms with Crippen molar-refractivity contribution in [2.45, 2.75) is 33.4 Å². The summed E-state index contributed by atoms with van der Waals surface area (Å²) in [5.41, 5.74) is 4.78. The van der Waals surface area contributed by atoms with E-state index in [1.165, 1.54) is 11.3 Å². The number of allylic oxidation sites excluding steroid dienone is 1. The molecule has 0 N–H and O–H groups in total. The molecular formula is C32H27N3O4S. The highest BCUT2D eigenvalue weighted by Gasteiger charge is 2.33. The Morgan fingerprint density at radius 2 is 1.80 bits per heavy atom. The third-order valence-electron chi connectivity index (χ3n) is 6.59. The van der Waals surface area contributed by atoms with E-state index in [0.717, 1.165) is 22.3 Å². The number of benzene rings is 3. The second-order valence-corrected chi connectivity index (χ2v) is 10.4. The van der Waals surface area contributed by atoms with E-state index < -0.39 is 12.0 Å². The molecule has 0 spiro atoms. The SMILES string of the molecule is CCOC(=O)C1=C(C)N=c2s/c(=C\c3ccccc3OCc3ccc(C#N)cc3)c(=O)n2[C@H]1c1ccc(C)cc1. The largest absolute Gasteiger partial charge is 0.488 e. The lowest BCUT2D eigenvalue weighted by atomic mass is 9.95. The van der Waals surface area contributed by atoms with Gasteiger partial charge in [-0.3, -0.25) is 9.36 Å². The van der Waals surface area contributed by atoms with Crippen molar-refractivity contribution in [2.24, 2.45) is 4.99 Å². The first kappa shape index (κ1) is 26.9. The number of hydrogen-bond donors (Lipinski definition) is 0. The molecule has 1 aliphatic rings. The molecule has 0 aliphatic carbocycles. The normalized spacial score (nSPS) is 14.8. The molecule has 5 rings (SSSR count). The highest BCUT2D eigenvalue weighted by Crippen LogP contribution is 2.31. The lowest BCUT2D eigenvalue weighted by Gasteiger charge is -2.24. The predicted octanol–water partition coefficient (Wildman–Crippen LogP) is 4.56. The van der Waals surface area contributed by atoms with Gasteiger partial charge in [-0.1, -0.05) is 71.5 Å². The molecule has 0 fully saturated rings. The Bertz CT molecular complexity index is 1830. The summed E-state index contributed by atoms with van der Waals surface area (Å²) < 4.78 is 13.5. The summed E-state index contributed by atoms with van der Waals surface area (Å²) in [6, 6.07) is 24.0. The Morgan fingerprint density at radius 3 is 2.50 bits per heavy atom. The fourth-order valence-electron chi connectivity index (χ4n) is 4.56. The quantitative estimate of drug-likeness (QED) is 0.315. The monoisotopic (exact) mass is 549 g/mol. The number of thiazole rings is 1. The third kappa shape index (κ3) is 5.37. The van der Waals surface area contributed by atoms with E-state index in [2.05, 4.69) is 11.1 Å². The molecule has 0 amide bonds. The van der Waals surface area contributed by atoms with Crippen LogP contribution in [0.2, 0.25) is 0 Å². The van der Waals surface area contributed by atoms with E-state index in [4.69, 9.17) is 14.7 Å². The number of ether oxygens (including phenoxy) is 2. The van der Waals surface area contributed by atoms with Crippen LogP contribution in [-0.4, -0.2) is 17.1 Å². The summed E-state index contributed by atoms with van der Waals surface area (Å²) in [7, 11) is 0. The Morgan fingerprint density at radius 1 is 1.07 bits per heavy atom. The van der Waals surface area contributed by atoms with Crippen LogP contribution in [0.5, 0.6) is 5.75 Å². The van der Waals surface area contributed by atoms with Crippen LogP contribution < -0.4 is 19.6 Å². The molecule has 3 aromatic carbocycles. The zero-order chi connectivity index (χ0) is 28.2. The van der Waals surface area contributed by atoms with E-state index in [-0.39, 0.29) is 12.2 Å². The standard InChI is InChI=1S/C32H27N3O4S/c1-4-38-31(37)28-21(3)34-32-35(29(28)24-15-9-20(2)10-16-24)30(36)27(40-32)17-25-7-5-6-8-26(25)39-19-23-13-11-22(18-33)12-14-23/h5-17,29H,4,19H2,1-3H3/b27-17-/t29-/m0/s1. The van der Waals surface area contributed by atoms with E-state index in [9.17, 15) is 9.59 Å². The van der Waals surface area contributed by atoms with Crippen LogP contribution in [-0.2, 0) is 16.1 Å². The number of nitriles is 1. The zero-order valence-electron chi connectivity index (χ0n) is 22.4. The smallest absolute Gasteiger partial charge is 0.338 e. The number of esters is 1. The van der Waals surface area contributed by atoms with Crippen LogP contribution in [0.3, 0.4) is 0 Å². The minimum Gasteiger partial charge on any atom is -0.488 e. The zero-order valence-corrected chi connectivity index (χ0v) is 23.2. The number of aromatic nitrogens is 1. The van der Waals surface area contributed by atoms with Crippen molar-refractivity contribution in [3.05, 3.63) is 132 Å². The average Bonchev–Trinajstić information content (AvgIpc) is 3.26. The Labute approximate surface area is 235 Å². The van der Waals surface area contributed by atoms with Gasteiger partial charge in [-0.25, -0.2) is 9.79 Å². The number of aryl methyl sites for hydroxylation is 1. The fourth-order valence-corrected chi connectivity index (χ4v) is 5.60. The Kier molecular flexibility index (Phi) is 7.76. The van der Waals surface area contributed by atoms with Crippen molar-refractivity contribution < 1.29 is 14.3 Å². The minimum absolute atomic E-state index is 0.222. The number of fused-ring (bicyclic) bond motifs is 1. The van der Waals surface area contributed by atoms with Crippen LogP contribution >= 0.6 is 11.3 Å². The number of para-hydroxylation sites is 1.